The number of hydrogen-bond donors (Lipinski definition) is 0. The molecular formula is C21H14Cl2F3N3O3. The molecule has 3 aromatic rings. The van der Waals surface area contributed by atoms with Gasteiger partial charge in [0.25, 0.3) is 11.5 Å². The van der Waals surface area contributed by atoms with E-state index in [0.717, 1.165) is 10.6 Å². The number of furan rings is 1. The topological polar surface area (TPSA) is 67.8 Å². The van der Waals surface area contributed by atoms with Crippen molar-refractivity contribution in [1.82, 2.24) is 9.58 Å². The fraction of sp³-hybridized carbons (Fsp3) is 0.190. The summed E-state index contributed by atoms with van der Waals surface area (Å²) in [5.41, 5.74) is -0.765. The molecule has 166 valence electrons. The zero-order chi connectivity index (χ0) is 23.0. The van der Waals surface area contributed by atoms with Gasteiger partial charge in [-0.3, -0.25) is 9.59 Å². The first-order valence-corrected chi connectivity index (χ1v) is 10.0. The maximum absolute atomic E-state index is 13.1. The van der Waals surface area contributed by atoms with Crippen LogP contribution in [0.2, 0.25) is 10.0 Å². The maximum atomic E-state index is 13.1. The Morgan fingerprint density at radius 3 is 2.53 bits per heavy atom. The number of nitrogens with zero attached hydrogens (tertiary/aromatic N) is 3. The average Bonchev–Trinajstić information content (AvgIpc) is 3.40. The Morgan fingerprint density at radius 1 is 1.19 bits per heavy atom. The highest BCUT2D eigenvalue weighted by Gasteiger charge is 2.36. The van der Waals surface area contributed by atoms with Crippen LogP contribution < -0.4 is 5.56 Å². The van der Waals surface area contributed by atoms with Gasteiger partial charge in [-0.25, -0.2) is 5.01 Å². The van der Waals surface area contributed by atoms with E-state index in [4.69, 9.17) is 27.6 Å². The van der Waals surface area contributed by atoms with E-state index in [0.29, 0.717) is 39.7 Å². The number of benzene rings is 1. The van der Waals surface area contributed by atoms with Gasteiger partial charge in [0.1, 0.15) is 23.4 Å². The first-order chi connectivity index (χ1) is 15.1. The van der Waals surface area contributed by atoms with Gasteiger partial charge < -0.3 is 8.98 Å². The van der Waals surface area contributed by atoms with Crippen molar-refractivity contribution in [2.45, 2.75) is 25.2 Å². The normalized spacial score (nSPS) is 16.3. The summed E-state index contributed by atoms with van der Waals surface area (Å²) in [5.74, 6) is -0.256. The minimum Gasteiger partial charge on any atom is -0.467 e. The molecule has 1 aliphatic rings. The number of rotatable bonds is 4. The molecule has 11 heteroatoms. The van der Waals surface area contributed by atoms with Crippen LogP contribution in [-0.2, 0) is 17.5 Å². The summed E-state index contributed by atoms with van der Waals surface area (Å²) in [5, 5.41) is 5.38. The van der Waals surface area contributed by atoms with Gasteiger partial charge in [0.15, 0.2) is 0 Å². The minimum atomic E-state index is -4.73. The molecule has 2 aromatic heterocycles. The molecule has 0 aliphatic carbocycles. The quantitative estimate of drug-likeness (QED) is 0.515. The lowest BCUT2D eigenvalue weighted by Gasteiger charge is -2.20. The van der Waals surface area contributed by atoms with Crippen LogP contribution in [0.25, 0.3) is 0 Å². The van der Waals surface area contributed by atoms with Crippen LogP contribution >= 0.6 is 23.2 Å². The number of aromatic nitrogens is 1. The zero-order valence-electron chi connectivity index (χ0n) is 16.1. The predicted octanol–water partition coefficient (Wildman–Crippen LogP) is 5.14. The van der Waals surface area contributed by atoms with E-state index in [1.165, 1.54) is 6.26 Å². The lowest BCUT2D eigenvalue weighted by Crippen LogP contribution is -2.34. The molecule has 0 saturated heterocycles. The largest absolute Gasteiger partial charge is 0.467 e. The molecule has 32 heavy (non-hydrogen) atoms. The summed E-state index contributed by atoms with van der Waals surface area (Å²) in [6.45, 7) is -0.683. The number of pyridine rings is 1. The molecule has 0 radical (unpaired) electrons. The smallest absolute Gasteiger partial charge is 0.417 e. The van der Waals surface area contributed by atoms with Crippen LogP contribution in [0.4, 0.5) is 13.2 Å². The third-order valence-corrected chi connectivity index (χ3v) is 5.41. The van der Waals surface area contributed by atoms with Crippen LogP contribution in [0.3, 0.4) is 0 Å². The molecule has 0 bridgehead atoms. The molecule has 0 saturated carbocycles. The second-order valence-corrected chi connectivity index (χ2v) is 7.88. The van der Waals surface area contributed by atoms with Gasteiger partial charge >= 0.3 is 6.18 Å². The molecule has 1 aliphatic heterocycles. The van der Waals surface area contributed by atoms with Gasteiger partial charge in [0.2, 0.25) is 0 Å². The molecule has 1 atom stereocenters. The Bertz CT molecular complexity index is 1240. The first-order valence-electron chi connectivity index (χ1n) is 9.29. The highest BCUT2D eigenvalue weighted by atomic mass is 35.5. The van der Waals surface area contributed by atoms with Crippen molar-refractivity contribution in [2.24, 2.45) is 5.10 Å². The van der Waals surface area contributed by atoms with Crippen LogP contribution in [0.5, 0.6) is 0 Å². The van der Waals surface area contributed by atoms with Crippen molar-refractivity contribution in [1.29, 1.82) is 0 Å². The number of alkyl halides is 3. The van der Waals surface area contributed by atoms with Gasteiger partial charge in [0, 0.05) is 17.6 Å². The summed E-state index contributed by atoms with van der Waals surface area (Å²) in [4.78, 5) is 25.3. The molecule has 1 amide bonds. The number of hydrogen-bond acceptors (Lipinski definition) is 4. The van der Waals surface area contributed by atoms with Gasteiger partial charge in [-0.05, 0) is 35.9 Å². The Labute approximate surface area is 189 Å². The Kier molecular flexibility index (Phi) is 5.87. The van der Waals surface area contributed by atoms with E-state index in [9.17, 15) is 22.8 Å². The Balaban J connectivity index is 1.68. The van der Waals surface area contributed by atoms with Gasteiger partial charge in [-0.15, -0.1) is 0 Å². The fourth-order valence-electron chi connectivity index (χ4n) is 3.35. The van der Waals surface area contributed by atoms with Crippen LogP contribution in [0.1, 0.15) is 29.3 Å². The first kappa shape index (κ1) is 22.2. The van der Waals surface area contributed by atoms with Crippen molar-refractivity contribution in [3.8, 4) is 0 Å². The fourth-order valence-corrected chi connectivity index (χ4v) is 3.70. The number of amides is 1. The lowest BCUT2D eigenvalue weighted by molar-refractivity contribution is -0.139. The van der Waals surface area contributed by atoms with Crippen LogP contribution in [0.15, 0.2) is 69.2 Å². The standard InChI is InChI=1S/C21H14Cl2F3N3O3/c22-14-5-3-12(4-6-14)16-9-17(18-2-1-7-32-18)29(27-16)19(30)11-28-10-13(21(24,25)26)8-15(23)20(28)31/h1-8,10,17H,9,11H2. The monoisotopic (exact) mass is 483 g/mol. The van der Waals surface area contributed by atoms with E-state index in [1.54, 1.807) is 36.4 Å². The van der Waals surface area contributed by atoms with E-state index >= 15 is 0 Å². The average molecular weight is 484 g/mol. The van der Waals surface area contributed by atoms with E-state index in [-0.39, 0.29) is 0 Å². The molecule has 3 heterocycles. The highest BCUT2D eigenvalue weighted by molar-refractivity contribution is 6.30. The van der Waals surface area contributed by atoms with Crippen molar-refractivity contribution >= 4 is 34.8 Å². The van der Waals surface area contributed by atoms with E-state index in [1.807, 2.05) is 0 Å². The minimum absolute atomic E-state index is 0.305. The number of hydrazone groups is 1. The summed E-state index contributed by atoms with van der Waals surface area (Å²) < 4.78 is 45.4. The highest BCUT2D eigenvalue weighted by Crippen LogP contribution is 2.34. The second-order valence-electron chi connectivity index (χ2n) is 7.03. The molecule has 0 fully saturated rings. The van der Waals surface area contributed by atoms with Gasteiger partial charge in [0.05, 0.1) is 17.5 Å². The molecule has 4 rings (SSSR count). The van der Waals surface area contributed by atoms with E-state index < -0.39 is 40.8 Å². The number of carbonyl (C=O) groups is 1. The SMILES string of the molecule is O=C(Cn1cc(C(F)(F)F)cc(Cl)c1=O)N1N=C(c2ccc(Cl)cc2)CC1c1ccco1. The number of carbonyl (C=O) groups excluding carboxylic acids is 1. The molecular weight excluding hydrogens is 470 g/mol. The molecule has 0 spiro atoms. The summed E-state index contributed by atoms with van der Waals surface area (Å²) in [6.07, 6.45) is -2.42. The Hall–Kier alpha value is -3.04. The zero-order valence-corrected chi connectivity index (χ0v) is 17.7. The van der Waals surface area contributed by atoms with Crippen molar-refractivity contribution in [2.75, 3.05) is 0 Å². The summed E-state index contributed by atoms with van der Waals surface area (Å²) in [6, 6.07) is 10.1. The Morgan fingerprint density at radius 2 is 1.91 bits per heavy atom. The van der Waals surface area contributed by atoms with Gasteiger partial charge in [-0.1, -0.05) is 35.3 Å². The van der Waals surface area contributed by atoms with Crippen molar-refractivity contribution < 1.29 is 22.4 Å². The molecule has 1 aromatic carbocycles. The van der Waals surface area contributed by atoms with Crippen molar-refractivity contribution in [3.05, 3.63) is 92.2 Å². The lowest BCUT2D eigenvalue weighted by atomic mass is 10.0. The molecule has 1 unspecified atom stereocenters. The summed E-state index contributed by atoms with van der Waals surface area (Å²) in [7, 11) is 0. The maximum Gasteiger partial charge on any atom is 0.417 e. The van der Waals surface area contributed by atoms with Gasteiger partial charge in [-0.2, -0.15) is 18.3 Å². The van der Waals surface area contributed by atoms with Crippen LogP contribution in [0, 0.1) is 0 Å². The molecule has 0 N–H and O–H groups in total. The van der Waals surface area contributed by atoms with E-state index in [2.05, 4.69) is 5.10 Å². The summed E-state index contributed by atoms with van der Waals surface area (Å²) >= 11 is 11.6. The second kappa shape index (κ2) is 8.48. The van der Waals surface area contributed by atoms with Crippen LogP contribution in [-0.4, -0.2) is 21.2 Å². The number of halogens is 5. The third kappa shape index (κ3) is 4.44. The third-order valence-electron chi connectivity index (χ3n) is 4.89. The predicted molar refractivity (Wildman–Crippen MR) is 112 cm³/mol. The van der Waals surface area contributed by atoms with Crippen molar-refractivity contribution in [3.63, 3.8) is 0 Å². The molecule has 6 nitrogen and oxygen atoms in total.